The van der Waals surface area contributed by atoms with E-state index in [-0.39, 0.29) is 22.4 Å². The van der Waals surface area contributed by atoms with E-state index in [1.807, 2.05) is 24.3 Å². The van der Waals surface area contributed by atoms with E-state index < -0.39 is 4.92 Å². The number of aromatic nitrogens is 2. The topological polar surface area (TPSA) is 101 Å². The van der Waals surface area contributed by atoms with Crippen molar-refractivity contribution in [1.29, 1.82) is 0 Å². The van der Waals surface area contributed by atoms with Gasteiger partial charge in [0.2, 0.25) is 5.91 Å². The van der Waals surface area contributed by atoms with Gasteiger partial charge >= 0.3 is 0 Å². The van der Waals surface area contributed by atoms with Crippen LogP contribution in [0.5, 0.6) is 0 Å². The van der Waals surface area contributed by atoms with Crippen molar-refractivity contribution < 1.29 is 9.72 Å². The van der Waals surface area contributed by atoms with Gasteiger partial charge in [0.15, 0.2) is 5.16 Å². The Bertz CT molecular complexity index is 895. The molecule has 0 fully saturated rings. The first-order chi connectivity index (χ1) is 11.5. The highest BCUT2D eigenvalue weighted by atomic mass is 35.5. The fraction of sp³-hybridized carbons (Fsp3) is 0.0667. The second-order valence-corrected chi connectivity index (χ2v) is 6.19. The van der Waals surface area contributed by atoms with Crippen LogP contribution in [-0.4, -0.2) is 26.6 Å². The number of benzene rings is 2. The van der Waals surface area contributed by atoms with Crippen molar-refractivity contribution in [1.82, 2.24) is 9.97 Å². The lowest BCUT2D eigenvalue weighted by Gasteiger charge is -2.06. The van der Waals surface area contributed by atoms with Crippen LogP contribution in [0.1, 0.15) is 0 Å². The highest BCUT2D eigenvalue weighted by Gasteiger charge is 2.12. The number of nitrogens with one attached hydrogen (secondary N) is 2. The van der Waals surface area contributed by atoms with E-state index in [4.69, 9.17) is 11.6 Å². The van der Waals surface area contributed by atoms with Gasteiger partial charge in [0.05, 0.1) is 32.4 Å². The largest absolute Gasteiger partial charge is 0.333 e. The van der Waals surface area contributed by atoms with Crippen LogP contribution >= 0.6 is 23.4 Å². The highest BCUT2D eigenvalue weighted by Crippen LogP contribution is 2.27. The van der Waals surface area contributed by atoms with Gasteiger partial charge in [0, 0.05) is 12.1 Å². The molecule has 9 heteroatoms. The van der Waals surface area contributed by atoms with Crippen molar-refractivity contribution in [3.05, 3.63) is 57.6 Å². The summed E-state index contributed by atoms with van der Waals surface area (Å²) in [6.45, 7) is 0. The molecule has 24 heavy (non-hydrogen) atoms. The Balaban J connectivity index is 1.62. The van der Waals surface area contributed by atoms with E-state index in [9.17, 15) is 14.9 Å². The van der Waals surface area contributed by atoms with E-state index in [1.54, 1.807) is 0 Å². The number of hydrogen-bond donors (Lipinski definition) is 2. The molecule has 2 N–H and O–H groups in total. The standard InChI is InChI=1S/C15H11ClN4O3S/c16-10-7-9(20(22)23)5-6-11(10)17-14(21)8-24-15-18-12-3-1-2-4-13(12)19-15/h1-7H,8H2,(H,17,21)(H,18,19). The average molecular weight is 363 g/mol. The van der Waals surface area contributed by atoms with E-state index in [1.165, 1.54) is 30.0 Å². The molecule has 1 aromatic heterocycles. The molecule has 7 nitrogen and oxygen atoms in total. The monoisotopic (exact) mass is 362 g/mol. The number of aromatic amines is 1. The number of halogens is 1. The molecule has 1 heterocycles. The Morgan fingerprint density at radius 3 is 2.83 bits per heavy atom. The summed E-state index contributed by atoms with van der Waals surface area (Å²) in [5.74, 6) is -0.149. The fourth-order valence-corrected chi connectivity index (χ4v) is 2.94. The van der Waals surface area contributed by atoms with Crippen molar-refractivity contribution >= 4 is 51.7 Å². The molecule has 122 valence electrons. The smallest absolute Gasteiger partial charge is 0.271 e. The molecule has 1 amide bonds. The first-order valence-corrected chi connectivity index (χ1v) is 8.20. The second kappa shape index (κ2) is 6.90. The maximum Gasteiger partial charge on any atom is 0.271 e. The number of para-hydroxylation sites is 2. The van der Waals surface area contributed by atoms with Crippen LogP contribution in [0.3, 0.4) is 0 Å². The van der Waals surface area contributed by atoms with Gasteiger partial charge in [-0.2, -0.15) is 0 Å². The number of nitrogens with zero attached hydrogens (tertiary/aromatic N) is 2. The molecule has 3 aromatic rings. The Morgan fingerprint density at radius 1 is 1.33 bits per heavy atom. The third kappa shape index (κ3) is 3.66. The maximum absolute atomic E-state index is 12.0. The molecule has 0 aliphatic carbocycles. The highest BCUT2D eigenvalue weighted by molar-refractivity contribution is 7.99. The zero-order chi connectivity index (χ0) is 17.1. The Morgan fingerprint density at radius 2 is 2.12 bits per heavy atom. The van der Waals surface area contributed by atoms with Crippen LogP contribution in [-0.2, 0) is 4.79 Å². The van der Waals surface area contributed by atoms with Crippen LogP contribution in [0.2, 0.25) is 5.02 Å². The van der Waals surface area contributed by atoms with E-state index >= 15 is 0 Å². The molecule has 0 spiro atoms. The maximum atomic E-state index is 12.0. The van der Waals surface area contributed by atoms with Crippen molar-refractivity contribution in [3.63, 3.8) is 0 Å². The van der Waals surface area contributed by atoms with Crippen LogP contribution in [0.25, 0.3) is 11.0 Å². The van der Waals surface area contributed by atoms with Gasteiger partial charge < -0.3 is 10.3 Å². The lowest BCUT2D eigenvalue weighted by atomic mass is 10.3. The predicted octanol–water partition coefficient (Wildman–Crippen LogP) is 3.86. The van der Waals surface area contributed by atoms with Gasteiger partial charge in [-0.15, -0.1) is 0 Å². The molecular formula is C15H11ClN4O3S. The molecule has 0 bridgehead atoms. The normalized spacial score (nSPS) is 10.7. The summed E-state index contributed by atoms with van der Waals surface area (Å²) in [5, 5.41) is 14.0. The Hall–Kier alpha value is -2.58. The van der Waals surface area contributed by atoms with Gasteiger partial charge in [0.1, 0.15) is 0 Å². The number of carbonyl (C=O) groups is 1. The van der Waals surface area contributed by atoms with Crippen LogP contribution < -0.4 is 5.32 Å². The minimum Gasteiger partial charge on any atom is -0.333 e. The summed E-state index contributed by atoms with van der Waals surface area (Å²) in [6, 6.07) is 11.5. The third-order valence-corrected chi connectivity index (χ3v) is 4.33. The SMILES string of the molecule is O=C(CSc1nc2ccccc2[nH]1)Nc1ccc([N+](=O)[O-])cc1Cl. The molecular weight excluding hydrogens is 352 g/mol. The molecule has 0 atom stereocenters. The first-order valence-electron chi connectivity index (χ1n) is 6.84. The summed E-state index contributed by atoms with van der Waals surface area (Å²) < 4.78 is 0. The number of nitro benzene ring substituents is 1. The summed E-state index contributed by atoms with van der Waals surface area (Å²) >= 11 is 7.20. The zero-order valence-corrected chi connectivity index (χ0v) is 13.7. The molecule has 3 rings (SSSR count). The van der Waals surface area contributed by atoms with E-state index in [0.717, 1.165) is 11.0 Å². The van der Waals surface area contributed by atoms with Gasteiger partial charge in [-0.25, -0.2) is 4.98 Å². The number of nitro groups is 1. The molecule has 0 aliphatic heterocycles. The van der Waals surface area contributed by atoms with Gasteiger partial charge in [-0.05, 0) is 18.2 Å². The van der Waals surface area contributed by atoms with E-state index in [2.05, 4.69) is 15.3 Å². The summed E-state index contributed by atoms with van der Waals surface area (Å²) in [4.78, 5) is 29.6. The molecule has 0 saturated carbocycles. The quantitative estimate of drug-likeness (QED) is 0.407. The minimum atomic E-state index is -0.547. The van der Waals surface area contributed by atoms with Crippen LogP contribution in [0.4, 0.5) is 11.4 Å². The molecule has 2 aromatic carbocycles. The number of rotatable bonds is 5. The van der Waals surface area contributed by atoms with E-state index in [0.29, 0.717) is 10.8 Å². The van der Waals surface area contributed by atoms with Crippen LogP contribution in [0, 0.1) is 10.1 Å². The third-order valence-electron chi connectivity index (χ3n) is 3.15. The number of non-ortho nitro benzene ring substituents is 1. The average Bonchev–Trinajstić information content (AvgIpc) is 2.97. The number of carbonyl (C=O) groups excluding carboxylic acids is 1. The minimum absolute atomic E-state index is 0.117. The zero-order valence-electron chi connectivity index (χ0n) is 12.2. The number of thioether (sulfide) groups is 1. The van der Waals surface area contributed by atoms with Crippen LogP contribution in [0.15, 0.2) is 47.6 Å². The van der Waals surface area contributed by atoms with Gasteiger partial charge in [0.25, 0.3) is 5.69 Å². The van der Waals surface area contributed by atoms with Gasteiger partial charge in [-0.3, -0.25) is 14.9 Å². The van der Waals surface area contributed by atoms with Crippen molar-refractivity contribution in [2.24, 2.45) is 0 Å². The summed E-state index contributed by atoms with van der Waals surface area (Å²) in [5.41, 5.74) is 1.93. The van der Waals surface area contributed by atoms with Crippen molar-refractivity contribution in [2.45, 2.75) is 5.16 Å². The molecule has 0 aliphatic rings. The Kier molecular flexibility index (Phi) is 4.68. The Labute approximate surface area is 145 Å². The molecule has 0 radical (unpaired) electrons. The van der Waals surface area contributed by atoms with Crippen molar-refractivity contribution in [3.8, 4) is 0 Å². The molecule has 0 unspecified atom stereocenters. The number of imidazole rings is 1. The first kappa shape index (κ1) is 16.3. The summed E-state index contributed by atoms with van der Waals surface area (Å²) in [7, 11) is 0. The number of fused-ring (bicyclic) bond motifs is 1. The number of hydrogen-bond acceptors (Lipinski definition) is 5. The van der Waals surface area contributed by atoms with Crippen molar-refractivity contribution in [2.75, 3.05) is 11.1 Å². The number of H-pyrrole nitrogens is 1. The predicted molar refractivity (Wildman–Crippen MR) is 93.6 cm³/mol. The number of amides is 1. The molecule has 0 saturated heterocycles. The summed E-state index contributed by atoms with van der Waals surface area (Å²) in [6.07, 6.45) is 0. The fourth-order valence-electron chi connectivity index (χ4n) is 2.04. The number of anilines is 1. The van der Waals surface area contributed by atoms with Gasteiger partial charge in [-0.1, -0.05) is 35.5 Å². The second-order valence-electron chi connectivity index (χ2n) is 4.82. The lowest BCUT2D eigenvalue weighted by Crippen LogP contribution is -2.14. The lowest BCUT2D eigenvalue weighted by molar-refractivity contribution is -0.384.